The largest absolute Gasteiger partial charge is 0.387 e. The van der Waals surface area contributed by atoms with E-state index < -0.39 is 6.10 Å². The van der Waals surface area contributed by atoms with Crippen LogP contribution in [0.5, 0.6) is 0 Å². The quantitative estimate of drug-likeness (QED) is 0.857. The fraction of sp³-hybridized carbons (Fsp3) is 0.500. The van der Waals surface area contributed by atoms with Gasteiger partial charge >= 0.3 is 0 Å². The first kappa shape index (κ1) is 14.7. The van der Waals surface area contributed by atoms with Gasteiger partial charge in [-0.25, -0.2) is 0 Å². The third kappa shape index (κ3) is 2.90. The van der Waals surface area contributed by atoms with E-state index in [9.17, 15) is 14.7 Å². The van der Waals surface area contributed by atoms with Crippen molar-refractivity contribution < 1.29 is 14.7 Å². The number of likely N-dealkylation sites (tertiary alicyclic amines) is 1. The van der Waals surface area contributed by atoms with Gasteiger partial charge in [0.25, 0.3) is 0 Å². The molecule has 2 atom stereocenters. The third-order valence-corrected chi connectivity index (χ3v) is 3.81. The van der Waals surface area contributed by atoms with E-state index in [2.05, 4.69) is 13.8 Å². The van der Waals surface area contributed by atoms with Gasteiger partial charge in [-0.05, 0) is 17.0 Å². The molecule has 2 unspecified atom stereocenters. The zero-order valence-electron chi connectivity index (χ0n) is 12.2. The zero-order chi connectivity index (χ0) is 14.9. The Balaban J connectivity index is 2.06. The number of rotatable bonds is 4. The number of amides is 2. The van der Waals surface area contributed by atoms with Crippen molar-refractivity contribution in [3.05, 3.63) is 35.4 Å². The van der Waals surface area contributed by atoms with E-state index in [0.717, 1.165) is 5.56 Å². The average Bonchev–Trinajstić information content (AvgIpc) is 2.65. The molecule has 20 heavy (non-hydrogen) atoms. The Morgan fingerprint density at radius 2 is 1.75 bits per heavy atom. The summed E-state index contributed by atoms with van der Waals surface area (Å²) in [6, 6.07) is 7.65. The van der Waals surface area contributed by atoms with Crippen molar-refractivity contribution in [2.75, 3.05) is 6.54 Å². The lowest BCUT2D eigenvalue weighted by molar-refractivity contribution is -0.140. The Morgan fingerprint density at radius 1 is 1.20 bits per heavy atom. The van der Waals surface area contributed by atoms with Crippen LogP contribution in [0.25, 0.3) is 0 Å². The SMILES string of the molecule is CC1CC(=O)N(CC(O)c2ccc(C(C)C)cc2)C1=O. The molecule has 1 heterocycles. The topological polar surface area (TPSA) is 57.6 Å². The molecule has 1 aliphatic heterocycles. The normalized spacial score (nSPS) is 20.9. The lowest BCUT2D eigenvalue weighted by atomic mass is 10.00. The number of nitrogens with zero attached hydrogens (tertiary/aromatic N) is 1. The Kier molecular flexibility index (Phi) is 4.23. The van der Waals surface area contributed by atoms with Crippen LogP contribution in [0.4, 0.5) is 0 Å². The maximum atomic E-state index is 11.8. The maximum Gasteiger partial charge on any atom is 0.232 e. The molecule has 1 fully saturated rings. The van der Waals surface area contributed by atoms with Gasteiger partial charge in [0, 0.05) is 12.3 Å². The minimum atomic E-state index is -0.825. The second kappa shape index (κ2) is 5.75. The standard InChI is InChI=1S/C16H21NO3/c1-10(2)12-4-6-13(7-5-12)14(18)9-17-15(19)8-11(3)16(17)20/h4-7,10-11,14,18H,8-9H2,1-3H3. The second-order valence-electron chi connectivity index (χ2n) is 5.78. The van der Waals surface area contributed by atoms with Crippen molar-refractivity contribution >= 4 is 11.8 Å². The molecule has 4 heteroatoms. The third-order valence-electron chi connectivity index (χ3n) is 3.81. The molecule has 1 aromatic rings. The lowest BCUT2D eigenvalue weighted by Gasteiger charge is -2.19. The highest BCUT2D eigenvalue weighted by Gasteiger charge is 2.36. The Morgan fingerprint density at radius 3 is 2.20 bits per heavy atom. The summed E-state index contributed by atoms with van der Waals surface area (Å²) in [5.41, 5.74) is 1.93. The summed E-state index contributed by atoms with van der Waals surface area (Å²) in [5.74, 6) is -0.213. The Bertz CT molecular complexity index is 507. The van der Waals surface area contributed by atoms with E-state index in [1.165, 1.54) is 10.5 Å². The minimum Gasteiger partial charge on any atom is -0.387 e. The first-order valence-corrected chi connectivity index (χ1v) is 7.02. The highest BCUT2D eigenvalue weighted by atomic mass is 16.3. The molecular weight excluding hydrogens is 254 g/mol. The van der Waals surface area contributed by atoms with Crippen LogP contribution >= 0.6 is 0 Å². The fourth-order valence-electron chi connectivity index (χ4n) is 2.42. The van der Waals surface area contributed by atoms with E-state index in [1.54, 1.807) is 6.92 Å². The van der Waals surface area contributed by atoms with E-state index >= 15 is 0 Å². The molecule has 0 spiro atoms. The van der Waals surface area contributed by atoms with E-state index in [0.29, 0.717) is 5.92 Å². The summed E-state index contributed by atoms with van der Waals surface area (Å²) in [7, 11) is 0. The molecule has 1 N–H and O–H groups in total. The van der Waals surface area contributed by atoms with Crippen molar-refractivity contribution in [2.45, 2.75) is 39.2 Å². The summed E-state index contributed by atoms with van der Waals surface area (Å²) in [6.45, 7) is 6.00. The van der Waals surface area contributed by atoms with Gasteiger partial charge in [0.15, 0.2) is 0 Å². The summed E-state index contributed by atoms with van der Waals surface area (Å²) in [6.07, 6.45) is -0.577. The van der Waals surface area contributed by atoms with Crippen molar-refractivity contribution in [3.8, 4) is 0 Å². The first-order valence-electron chi connectivity index (χ1n) is 7.02. The molecule has 4 nitrogen and oxygen atoms in total. The minimum absolute atomic E-state index is 0.0447. The summed E-state index contributed by atoms with van der Waals surface area (Å²) < 4.78 is 0. The molecular formula is C16H21NO3. The number of imide groups is 1. The fourth-order valence-corrected chi connectivity index (χ4v) is 2.42. The van der Waals surface area contributed by atoms with Gasteiger partial charge in [-0.2, -0.15) is 0 Å². The van der Waals surface area contributed by atoms with Crippen LogP contribution < -0.4 is 0 Å². The van der Waals surface area contributed by atoms with Crippen LogP contribution in [0.1, 0.15) is 50.3 Å². The summed E-state index contributed by atoms with van der Waals surface area (Å²) in [4.78, 5) is 24.7. The van der Waals surface area contributed by atoms with Gasteiger partial charge in [-0.1, -0.05) is 45.0 Å². The van der Waals surface area contributed by atoms with Gasteiger partial charge in [-0.15, -0.1) is 0 Å². The van der Waals surface area contributed by atoms with Crippen LogP contribution in [0, 0.1) is 5.92 Å². The number of carbonyl (C=O) groups is 2. The highest BCUT2D eigenvalue weighted by Crippen LogP contribution is 2.24. The van der Waals surface area contributed by atoms with Gasteiger partial charge < -0.3 is 5.11 Å². The smallest absolute Gasteiger partial charge is 0.232 e. The van der Waals surface area contributed by atoms with Crippen LogP contribution in [0.3, 0.4) is 0 Å². The van der Waals surface area contributed by atoms with Gasteiger partial charge in [-0.3, -0.25) is 14.5 Å². The number of benzene rings is 1. The molecule has 1 aromatic carbocycles. The number of hydrogen-bond acceptors (Lipinski definition) is 3. The lowest BCUT2D eigenvalue weighted by Crippen LogP contribution is -2.34. The molecule has 0 bridgehead atoms. The molecule has 0 radical (unpaired) electrons. The zero-order valence-corrected chi connectivity index (χ0v) is 12.2. The second-order valence-corrected chi connectivity index (χ2v) is 5.78. The summed E-state index contributed by atoms with van der Waals surface area (Å²) in [5, 5.41) is 10.2. The number of β-amino-alcohol motifs (C(OH)–C–C–N with tert-alkyl or cyclic N) is 1. The van der Waals surface area contributed by atoms with Crippen molar-refractivity contribution in [1.82, 2.24) is 4.90 Å². The maximum absolute atomic E-state index is 11.8. The van der Waals surface area contributed by atoms with Gasteiger partial charge in [0.2, 0.25) is 11.8 Å². The van der Waals surface area contributed by atoms with Crippen LogP contribution in [0.15, 0.2) is 24.3 Å². The first-order chi connectivity index (χ1) is 9.40. The number of aliphatic hydroxyl groups excluding tert-OH is 1. The number of carbonyl (C=O) groups excluding carboxylic acids is 2. The van der Waals surface area contributed by atoms with Gasteiger partial charge in [0.05, 0.1) is 12.6 Å². The van der Waals surface area contributed by atoms with Crippen LogP contribution in [0.2, 0.25) is 0 Å². The Hall–Kier alpha value is -1.68. The molecule has 0 aromatic heterocycles. The van der Waals surface area contributed by atoms with E-state index in [4.69, 9.17) is 0 Å². The monoisotopic (exact) mass is 275 g/mol. The summed E-state index contributed by atoms with van der Waals surface area (Å²) >= 11 is 0. The van der Waals surface area contributed by atoms with Crippen LogP contribution in [-0.2, 0) is 9.59 Å². The van der Waals surface area contributed by atoms with Crippen molar-refractivity contribution in [3.63, 3.8) is 0 Å². The molecule has 2 rings (SSSR count). The van der Waals surface area contributed by atoms with E-state index in [1.807, 2.05) is 24.3 Å². The molecule has 1 saturated heterocycles. The molecule has 1 aliphatic rings. The Labute approximate surface area is 119 Å². The van der Waals surface area contributed by atoms with Crippen molar-refractivity contribution in [2.24, 2.45) is 5.92 Å². The molecule has 108 valence electrons. The number of hydrogen-bond donors (Lipinski definition) is 1. The molecule has 2 amide bonds. The van der Waals surface area contributed by atoms with Gasteiger partial charge in [0.1, 0.15) is 0 Å². The van der Waals surface area contributed by atoms with Crippen molar-refractivity contribution in [1.29, 1.82) is 0 Å². The highest BCUT2D eigenvalue weighted by molar-refractivity contribution is 6.03. The molecule has 0 saturated carbocycles. The predicted molar refractivity (Wildman–Crippen MR) is 76.0 cm³/mol. The predicted octanol–water partition coefficient (Wildman–Crippen LogP) is 2.24. The van der Waals surface area contributed by atoms with E-state index in [-0.39, 0.29) is 30.7 Å². The number of aliphatic hydroxyl groups is 1. The average molecular weight is 275 g/mol. The molecule has 0 aliphatic carbocycles. The van der Waals surface area contributed by atoms with Crippen LogP contribution in [-0.4, -0.2) is 28.4 Å².